The highest BCUT2D eigenvalue weighted by Gasteiger charge is 2.23. The predicted molar refractivity (Wildman–Crippen MR) is 180 cm³/mol. The molecular weight excluding hydrogens is 582 g/mol. The number of carbonyl (C=O) groups excluding carboxylic acids is 2. The van der Waals surface area contributed by atoms with Crippen LogP contribution >= 0.6 is 11.8 Å². The Kier molecular flexibility index (Phi) is 9.83. The second kappa shape index (κ2) is 13.9. The summed E-state index contributed by atoms with van der Waals surface area (Å²) in [6.45, 7) is 8.56. The Morgan fingerprint density at radius 3 is 2.16 bits per heavy atom. The van der Waals surface area contributed by atoms with Crippen molar-refractivity contribution in [3.63, 3.8) is 0 Å². The third-order valence-corrected chi connectivity index (χ3v) is 8.27. The van der Waals surface area contributed by atoms with E-state index in [9.17, 15) is 9.59 Å². The zero-order chi connectivity index (χ0) is 32.0. The molecule has 0 saturated carbocycles. The first-order valence-electron chi connectivity index (χ1n) is 14.9. The summed E-state index contributed by atoms with van der Waals surface area (Å²) in [6, 6.07) is 30.8. The number of fused-ring (bicyclic) bond motifs is 1. The smallest absolute Gasteiger partial charge is 0.307 e. The van der Waals surface area contributed by atoms with Crippen molar-refractivity contribution in [2.45, 2.75) is 50.6 Å². The first-order valence-corrected chi connectivity index (χ1v) is 15.9. The zero-order valence-corrected chi connectivity index (χ0v) is 27.0. The van der Waals surface area contributed by atoms with Crippen LogP contribution in [0.5, 0.6) is 11.5 Å². The lowest BCUT2D eigenvalue weighted by atomic mass is 9.87. The van der Waals surface area contributed by atoms with Crippen molar-refractivity contribution in [1.29, 1.82) is 0 Å². The number of thioether (sulfide) groups is 1. The molecule has 5 aromatic rings. The molecule has 230 valence electrons. The number of amides is 1. The van der Waals surface area contributed by atoms with Crippen LogP contribution in [0.25, 0.3) is 22.0 Å². The number of hydrogen-bond acceptors (Lipinski definition) is 7. The fourth-order valence-electron chi connectivity index (χ4n) is 4.91. The maximum atomic E-state index is 13.6. The molecule has 0 spiro atoms. The minimum Gasteiger partial charge on any atom is -0.469 e. The van der Waals surface area contributed by atoms with E-state index in [-0.39, 0.29) is 17.7 Å². The number of methoxy groups -OCH3 is 1. The van der Waals surface area contributed by atoms with Crippen molar-refractivity contribution in [1.82, 2.24) is 15.3 Å². The van der Waals surface area contributed by atoms with Gasteiger partial charge in [0, 0.05) is 5.39 Å². The predicted octanol–water partition coefficient (Wildman–Crippen LogP) is 8.53. The maximum absolute atomic E-state index is 13.6. The fourth-order valence-corrected chi connectivity index (χ4v) is 5.66. The van der Waals surface area contributed by atoms with Crippen LogP contribution in [0.4, 0.5) is 0 Å². The molecule has 1 unspecified atom stereocenters. The van der Waals surface area contributed by atoms with E-state index in [1.54, 1.807) is 0 Å². The molecule has 1 aromatic heterocycles. The fraction of sp³-hybridized carbons (Fsp3) is 0.243. The lowest BCUT2D eigenvalue weighted by Gasteiger charge is -2.19. The highest BCUT2D eigenvalue weighted by atomic mass is 32.2. The van der Waals surface area contributed by atoms with E-state index >= 15 is 0 Å². The standard InChI is InChI=1S/C37H37N3O4S/c1-6-45-36-30-22-29(44-28-18-16-27(17-19-28)37(2,3)4)20-21-31(30)38-34(40-36)35(42)39-32(23-33(41)43-5)26-14-12-25(13-15-26)24-10-8-7-9-11-24/h7-22,32H,6,23H2,1-5H3,(H,39,42). The van der Waals surface area contributed by atoms with E-state index < -0.39 is 17.9 Å². The highest BCUT2D eigenvalue weighted by Crippen LogP contribution is 2.32. The molecule has 1 N–H and O–H groups in total. The SMILES string of the molecule is CCSc1nc(C(=O)NC(CC(=O)OC)c2ccc(-c3ccccc3)cc2)nc2ccc(Oc3ccc(C(C)(C)C)cc3)cc12. The molecule has 8 heteroatoms. The lowest BCUT2D eigenvalue weighted by molar-refractivity contribution is -0.141. The number of carbonyl (C=O) groups is 2. The van der Waals surface area contributed by atoms with Gasteiger partial charge in [-0.1, -0.05) is 94.4 Å². The molecule has 5 rings (SSSR count). The summed E-state index contributed by atoms with van der Waals surface area (Å²) in [6.07, 6.45) is -0.0332. The molecule has 0 aliphatic carbocycles. The number of nitrogens with zero attached hydrogens (tertiary/aromatic N) is 2. The van der Waals surface area contributed by atoms with Crippen LogP contribution in [0.15, 0.2) is 102 Å². The van der Waals surface area contributed by atoms with Crippen molar-refractivity contribution < 1.29 is 19.1 Å². The molecule has 1 heterocycles. The van der Waals surface area contributed by atoms with Gasteiger partial charge < -0.3 is 14.8 Å². The van der Waals surface area contributed by atoms with Crippen molar-refractivity contribution in [2.75, 3.05) is 12.9 Å². The molecule has 0 saturated heterocycles. The van der Waals surface area contributed by atoms with Gasteiger partial charge in [-0.25, -0.2) is 9.97 Å². The van der Waals surface area contributed by atoms with Crippen LogP contribution < -0.4 is 10.1 Å². The minimum atomic E-state index is -0.628. The lowest BCUT2D eigenvalue weighted by Crippen LogP contribution is -2.32. The van der Waals surface area contributed by atoms with Gasteiger partial charge in [0.2, 0.25) is 5.82 Å². The Bertz CT molecular complexity index is 1780. The molecule has 0 aliphatic heterocycles. The topological polar surface area (TPSA) is 90.4 Å². The van der Waals surface area contributed by atoms with Gasteiger partial charge >= 0.3 is 5.97 Å². The Morgan fingerprint density at radius 2 is 1.51 bits per heavy atom. The van der Waals surface area contributed by atoms with E-state index in [1.807, 2.05) is 91.9 Å². The van der Waals surface area contributed by atoms with Crippen LogP contribution in [-0.2, 0) is 14.9 Å². The number of rotatable bonds is 10. The monoisotopic (exact) mass is 619 g/mol. The summed E-state index contributed by atoms with van der Waals surface area (Å²) in [5.74, 6) is 1.26. The molecule has 0 radical (unpaired) electrons. The molecule has 0 fully saturated rings. The molecule has 0 bridgehead atoms. The summed E-state index contributed by atoms with van der Waals surface area (Å²) >= 11 is 1.52. The van der Waals surface area contributed by atoms with Crippen molar-refractivity contribution in [2.24, 2.45) is 0 Å². The van der Waals surface area contributed by atoms with E-state index in [4.69, 9.17) is 9.47 Å². The molecule has 45 heavy (non-hydrogen) atoms. The van der Waals surface area contributed by atoms with Gasteiger partial charge in [-0.3, -0.25) is 9.59 Å². The quantitative estimate of drug-likeness (QED) is 0.0952. The number of esters is 1. The molecule has 1 amide bonds. The Labute approximate surface area is 268 Å². The number of nitrogens with one attached hydrogen (secondary N) is 1. The van der Waals surface area contributed by atoms with Gasteiger partial charge in [0.25, 0.3) is 5.91 Å². The van der Waals surface area contributed by atoms with Crippen LogP contribution in [0.2, 0.25) is 0 Å². The first kappa shape index (κ1) is 31.7. The summed E-state index contributed by atoms with van der Waals surface area (Å²) in [5, 5.41) is 4.44. The largest absolute Gasteiger partial charge is 0.469 e. The van der Waals surface area contributed by atoms with Gasteiger partial charge in [-0.2, -0.15) is 0 Å². The zero-order valence-electron chi connectivity index (χ0n) is 26.2. The maximum Gasteiger partial charge on any atom is 0.307 e. The third-order valence-electron chi connectivity index (χ3n) is 7.40. The number of hydrogen-bond donors (Lipinski definition) is 1. The van der Waals surface area contributed by atoms with Crippen LogP contribution in [0, 0.1) is 0 Å². The molecule has 1 atom stereocenters. The van der Waals surface area contributed by atoms with Crippen LogP contribution in [0.3, 0.4) is 0 Å². The molecular formula is C37H37N3O4S. The van der Waals surface area contributed by atoms with Crippen LogP contribution in [0.1, 0.15) is 61.9 Å². The van der Waals surface area contributed by atoms with E-state index in [2.05, 4.69) is 48.2 Å². The number of ether oxygens (including phenoxy) is 2. The first-order chi connectivity index (χ1) is 21.6. The second-order valence-corrected chi connectivity index (χ2v) is 12.9. The van der Waals surface area contributed by atoms with E-state index in [0.29, 0.717) is 16.3 Å². The average Bonchev–Trinajstić information content (AvgIpc) is 3.05. The number of aromatic nitrogens is 2. The summed E-state index contributed by atoms with van der Waals surface area (Å²) < 4.78 is 11.1. The van der Waals surface area contributed by atoms with Crippen LogP contribution in [-0.4, -0.2) is 34.7 Å². The van der Waals surface area contributed by atoms with Crippen molar-refractivity contribution in [3.8, 4) is 22.6 Å². The summed E-state index contributed by atoms with van der Waals surface area (Å²) in [4.78, 5) is 35.1. The third kappa shape index (κ3) is 7.88. The minimum absolute atomic E-state index is 0.0284. The average molecular weight is 620 g/mol. The Hall–Kier alpha value is -4.69. The van der Waals surface area contributed by atoms with Crippen molar-refractivity contribution >= 4 is 34.5 Å². The molecule has 0 aliphatic rings. The highest BCUT2D eigenvalue weighted by molar-refractivity contribution is 7.99. The summed E-state index contributed by atoms with van der Waals surface area (Å²) in [5.41, 5.74) is 4.80. The van der Waals surface area contributed by atoms with E-state index in [1.165, 1.54) is 24.4 Å². The Morgan fingerprint density at radius 1 is 0.844 bits per heavy atom. The van der Waals surface area contributed by atoms with Gasteiger partial charge in [0.05, 0.1) is 25.1 Å². The van der Waals surface area contributed by atoms with Gasteiger partial charge in [-0.05, 0) is 63.8 Å². The molecule has 7 nitrogen and oxygen atoms in total. The van der Waals surface area contributed by atoms with Gasteiger partial charge in [0.1, 0.15) is 16.5 Å². The normalized spacial score (nSPS) is 12.0. The second-order valence-electron chi connectivity index (χ2n) is 11.6. The van der Waals surface area contributed by atoms with Gasteiger partial charge in [-0.15, -0.1) is 11.8 Å². The van der Waals surface area contributed by atoms with E-state index in [0.717, 1.165) is 33.6 Å². The van der Waals surface area contributed by atoms with Crippen molar-refractivity contribution in [3.05, 3.63) is 114 Å². The number of benzene rings is 4. The Balaban J connectivity index is 1.40. The van der Waals surface area contributed by atoms with Gasteiger partial charge in [0.15, 0.2) is 0 Å². The summed E-state index contributed by atoms with van der Waals surface area (Å²) in [7, 11) is 1.33. The molecule has 4 aromatic carbocycles.